The number of hydrogen-bond acceptors (Lipinski definition) is 4. The van der Waals surface area contributed by atoms with Crippen molar-refractivity contribution in [3.63, 3.8) is 0 Å². The molecular weight excluding hydrogens is 240 g/mol. The third-order valence-corrected chi connectivity index (χ3v) is 3.28. The Morgan fingerprint density at radius 3 is 2.79 bits per heavy atom. The fourth-order valence-electron chi connectivity index (χ4n) is 2.27. The molecule has 1 aromatic carbocycles. The number of nitrogens with zero attached hydrogens (tertiary/aromatic N) is 1. The standard InChI is InChI=1S/C15H24N2O2/c1-13(16)12-14-4-2-3-5-15(14)19-11-8-17-6-9-18-10-7-17/h2-5,13H,6-12,16H2,1H3. The van der Waals surface area contributed by atoms with E-state index in [9.17, 15) is 0 Å². The monoisotopic (exact) mass is 264 g/mol. The number of rotatable bonds is 6. The molecule has 1 fully saturated rings. The molecule has 4 nitrogen and oxygen atoms in total. The van der Waals surface area contributed by atoms with Gasteiger partial charge in [0.1, 0.15) is 12.4 Å². The molecule has 106 valence electrons. The summed E-state index contributed by atoms with van der Waals surface area (Å²) in [5.74, 6) is 0.966. The first-order valence-electron chi connectivity index (χ1n) is 7.02. The van der Waals surface area contributed by atoms with E-state index in [0.29, 0.717) is 0 Å². The predicted molar refractivity (Wildman–Crippen MR) is 76.5 cm³/mol. The number of nitrogens with two attached hydrogens (primary N) is 1. The number of para-hydroxylation sites is 1. The van der Waals surface area contributed by atoms with Crippen LogP contribution >= 0.6 is 0 Å². The van der Waals surface area contributed by atoms with Crippen LogP contribution in [0.4, 0.5) is 0 Å². The highest BCUT2D eigenvalue weighted by Gasteiger charge is 2.10. The molecule has 2 rings (SSSR count). The van der Waals surface area contributed by atoms with Crippen LogP contribution in [0.1, 0.15) is 12.5 Å². The molecule has 1 atom stereocenters. The molecule has 1 aliphatic heterocycles. The molecule has 0 amide bonds. The highest BCUT2D eigenvalue weighted by Crippen LogP contribution is 2.19. The van der Waals surface area contributed by atoms with Crippen LogP contribution in [0.2, 0.25) is 0 Å². The van der Waals surface area contributed by atoms with Crippen LogP contribution in [0, 0.1) is 0 Å². The molecule has 0 spiro atoms. The van der Waals surface area contributed by atoms with E-state index in [1.807, 2.05) is 25.1 Å². The number of morpholine rings is 1. The Morgan fingerprint density at radius 1 is 1.32 bits per heavy atom. The van der Waals surface area contributed by atoms with Crippen molar-refractivity contribution in [1.29, 1.82) is 0 Å². The van der Waals surface area contributed by atoms with Gasteiger partial charge in [-0.25, -0.2) is 0 Å². The van der Waals surface area contributed by atoms with Gasteiger partial charge in [0.25, 0.3) is 0 Å². The average molecular weight is 264 g/mol. The molecule has 0 aromatic heterocycles. The van der Waals surface area contributed by atoms with Crippen LogP contribution in [0.3, 0.4) is 0 Å². The van der Waals surface area contributed by atoms with E-state index in [1.54, 1.807) is 0 Å². The van der Waals surface area contributed by atoms with Gasteiger partial charge in [-0.15, -0.1) is 0 Å². The molecular formula is C15H24N2O2. The average Bonchev–Trinajstić information content (AvgIpc) is 2.41. The van der Waals surface area contributed by atoms with E-state index in [2.05, 4.69) is 11.0 Å². The molecule has 1 unspecified atom stereocenters. The van der Waals surface area contributed by atoms with Crippen LogP contribution in [0.5, 0.6) is 5.75 Å². The van der Waals surface area contributed by atoms with Crippen LogP contribution < -0.4 is 10.5 Å². The van der Waals surface area contributed by atoms with Crippen LogP contribution in [0.15, 0.2) is 24.3 Å². The first-order valence-corrected chi connectivity index (χ1v) is 7.02. The topological polar surface area (TPSA) is 47.7 Å². The maximum atomic E-state index is 5.90. The summed E-state index contributed by atoms with van der Waals surface area (Å²) in [7, 11) is 0. The van der Waals surface area contributed by atoms with Gasteiger partial charge in [-0.1, -0.05) is 18.2 Å². The fraction of sp³-hybridized carbons (Fsp3) is 0.600. The second-order valence-electron chi connectivity index (χ2n) is 5.09. The minimum Gasteiger partial charge on any atom is -0.492 e. The lowest BCUT2D eigenvalue weighted by molar-refractivity contribution is 0.0322. The molecule has 19 heavy (non-hydrogen) atoms. The summed E-state index contributed by atoms with van der Waals surface area (Å²) in [6.45, 7) is 7.37. The molecule has 1 aromatic rings. The van der Waals surface area contributed by atoms with Crippen molar-refractivity contribution in [3.8, 4) is 5.75 Å². The van der Waals surface area contributed by atoms with E-state index >= 15 is 0 Å². The SMILES string of the molecule is CC(N)Cc1ccccc1OCCN1CCOCC1. The summed E-state index contributed by atoms with van der Waals surface area (Å²) in [5.41, 5.74) is 7.06. The largest absolute Gasteiger partial charge is 0.492 e. The summed E-state index contributed by atoms with van der Waals surface area (Å²) >= 11 is 0. The number of benzene rings is 1. The van der Waals surface area contributed by atoms with Crippen molar-refractivity contribution in [2.24, 2.45) is 5.73 Å². The fourth-order valence-corrected chi connectivity index (χ4v) is 2.27. The molecule has 0 saturated carbocycles. The second kappa shape index (κ2) is 7.48. The quantitative estimate of drug-likeness (QED) is 0.841. The van der Waals surface area contributed by atoms with E-state index in [4.69, 9.17) is 15.2 Å². The Labute approximate surface area is 115 Å². The van der Waals surface area contributed by atoms with Gasteiger partial charge in [0.05, 0.1) is 13.2 Å². The summed E-state index contributed by atoms with van der Waals surface area (Å²) in [4.78, 5) is 2.37. The van der Waals surface area contributed by atoms with Crippen molar-refractivity contribution in [3.05, 3.63) is 29.8 Å². The Balaban J connectivity index is 1.81. The Bertz CT molecular complexity index is 376. The Hall–Kier alpha value is -1.10. The second-order valence-corrected chi connectivity index (χ2v) is 5.09. The number of hydrogen-bond donors (Lipinski definition) is 1. The van der Waals surface area contributed by atoms with Gasteiger partial charge in [-0.3, -0.25) is 4.90 Å². The number of ether oxygens (including phenoxy) is 2. The molecule has 2 N–H and O–H groups in total. The molecule has 0 radical (unpaired) electrons. The summed E-state index contributed by atoms with van der Waals surface area (Å²) in [6.07, 6.45) is 0.855. The lowest BCUT2D eigenvalue weighted by atomic mass is 10.1. The molecule has 0 bridgehead atoms. The molecule has 0 aliphatic carbocycles. The zero-order valence-electron chi connectivity index (χ0n) is 11.7. The first kappa shape index (κ1) is 14.3. The van der Waals surface area contributed by atoms with Crippen molar-refractivity contribution in [1.82, 2.24) is 4.90 Å². The smallest absolute Gasteiger partial charge is 0.122 e. The summed E-state index contributed by atoms with van der Waals surface area (Å²) in [5, 5.41) is 0. The normalized spacial score (nSPS) is 18.2. The molecule has 1 aliphatic rings. The zero-order chi connectivity index (χ0) is 13.5. The highest BCUT2D eigenvalue weighted by atomic mass is 16.5. The van der Waals surface area contributed by atoms with Crippen LogP contribution in [-0.2, 0) is 11.2 Å². The van der Waals surface area contributed by atoms with Crippen LogP contribution in [0.25, 0.3) is 0 Å². The maximum absolute atomic E-state index is 5.90. The van der Waals surface area contributed by atoms with E-state index in [0.717, 1.165) is 51.6 Å². The van der Waals surface area contributed by atoms with E-state index in [-0.39, 0.29) is 6.04 Å². The third-order valence-electron chi connectivity index (χ3n) is 3.28. The highest BCUT2D eigenvalue weighted by molar-refractivity contribution is 5.33. The van der Waals surface area contributed by atoms with E-state index in [1.165, 1.54) is 5.56 Å². The Kier molecular flexibility index (Phi) is 5.63. The van der Waals surface area contributed by atoms with Gasteiger partial charge in [0.2, 0.25) is 0 Å². The molecule has 1 saturated heterocycles. The van der Waals surface area contributed by atoms with Gasteiger partial charge in [0.15, 0.2) is 0 Å². The summed E-state index contributed by atoms with van der Waals surface area (Å²) < 4.78 is 11.2. The first-order chi connectivity index (χ1) is 9.25. The van der Waals surface area contributed by atoms with Gasteiger partial charge in [0, 0.05) is 25.7 Å². The van der Waals surface area contributed by atoms with Crippen molar-refractivity contribution in [2.45, 2.75) is 19.4 Å². The van der Waals surface area contributed by atoms with E-state index < -0.39 is 0 Å². The molecule has 4 heteroatoms. The Morgan fingerprint density at radius 2 is 2.05 bits per heavy atom. The van der Waals surface area contributed by atoms with Crippen molar-refractivity contribution < 1.29 is 9.47 Å². The minimum absolute atomic E-state index is 0.156. The summed E-state index contributed by atoms with van der Waals surface area (Å²) in [6, 6.07) is 8.31. The van der Waals surface area contributed by atoms with Gasteiger partial charge < -0.3 is 15.2 Å². The van der Waals surface area contributed by atoms with Crippen molar-refractivity contribution in [2.75, 3.05) is 39.5 Å². The molecule has 1 heterocycles. The van der Waals surface area contributed by atoms with Crippen molar-refractivity contribution >= 4 is 0 Å². The lowest BCUT2D eigenvalue weighted by Gasteiger charge is -2.26. The maximum Gasteiger partial charge on any atom is 0.122 e. The van der Waals surface area contributed by atoms with Crippen LogP contribution in [-0.4, -0.2) is 50.4 Å². The van der Waals surface area contributed by atoms with Gasteiger partial charge >= 0.3 is 0 Å². The van der Waals surface area contributed by atoms with Gasteiger partial charge in [-0.05, 0) is 25.0 Å². The minimum atomic E-state index is 0.156. The van der Waals surface area contributed by atoms with Gasteiger partial charge in [-0.2, -0.15) is 0 Å². The predicted octanol–water partition coefficient (Wildman–Crippen LogP) is 1.29. The third kappa shape index (κ3) is 4.82. The lowest BCUT2D eigenvalue weighted by Crippen LogP contribution is -2.38. The zero-order valence-corrected chi connectivity index (χ0v) is 11.7.